The molecule has 6 atom stereocenters. The SMILES string of the molecule is CC=CC(O)C(C)(C(=O)OC)C1CC=CC=CC=Cc2nc(co2)C(=O)OC(C(C)(C(=O)OC)C(O)C=CC)CC=CC=CC=Cc2nc(co2)C(=O)O1. The number of nitrogens with zero attached hydrogens (tertiary/aromatic N) is 2. The van der Waals surface area contributed by atoms with E-state index in [1.54, 1.807) is 86.8 Å². The highest BCUT2D eigenvalue weighted by Crippen LogP contribution is 2.35. The summed E-state index contributed by atoms with van der Waals surface area (Å²) in [5.74, 6) is -3.22. The molecule has 1 aliphatic rings. The maximum Gasteiger partial charge on any atom is 0.360 e. The van der Waals surface area contributed by atoms with Crippen LogP contribution in [0.4, 0.5) is 0 Å². The molecule has 0 fully saturated rings. The Morgan fingerprint density at radius 1 is 0.704 bits per heavy atom. The first-order valence-electron chi connectivity index (χ1n) is 17.0. The molecule has 14 heteroatoms. The van der Waals surface area contributed by atoms with E-state index >= 15 is 0 Å². The van der Waals surface area contributed by atoms with E-state index < -0.39 is 59.1 Å². The highest BCUT2D eigenvalue weighted by Gasteiger charge is 2.51. The number of carbonyl (C=O) groups is 4. The number of allylic oxidation sites excluding steroid dienone is 10. The summed E-state index contributed by atoms with van der Waals surface area (Å²) >= 11 is 0. The Morgan fingerprint density at radius 3 is 1.43 bits per heavy atom. The summed E-state index contributed by atoms with van der Waals surface area (Å²) in [6.07, 6.45) is 22.2. The predicted octanol–water partition coefficient (Wildman–Crippen LogP) is 5.69. The number of aliphatic hydroxyl groups excluding tert-OH is 2. The zero-order valence-corrected chi connectivity index (χ0v) is 31.0. The fourth-order valence-corrected chi connectivity index (χ4v) is 5.31. The Hall–Kier alpha value is -5.86. The molecule has 54 heavy (non-hydrogen) atoms. The Bertz CT molecular complexity index is 1710. The van der Waals surface area contributed by atoms with Crippen LogP contribution in [0.5, 0.6) is 0 Å². The van der Waals surface area contributed by atoms with E-state index in [0.29, 0.717) is 0 Å². The molecular formula is C40H46N2O12. The number of hydrogen-bond donors (Lipinski definition) is 2. The predicted molar refractivity (Wildman–Crippen MR) is 197 cm³/mol. The fourth-order valence-electron chi connectivity index (χ4n) is 5.31. The number of hydrogen-bond acceptors (Lipinski definition) is 14. The standard InChI is InChI=1S/C40H46N2O12/c1-7-19-29(43)39(3,37(47)49-5)31-21-15-11-9-13-17-24-34-42-28(26-52-34)36(46)54-32(40(4,38(48)50-6)30(44)20-8-2)22-16-12-10-14-18-23-33-41-27(25-51-33)35(45)53-31/h7-20,23-26,29-32,43-44H,21-22H2,1-6H3. The minimum Gasteiger partial charge on any atom is -0.468 e. The highest BCUT2D eigenvalue weighted by atomic mass is 16.6. The van der Waals surface area contributed by atoms with Gasteiger partial charge in [0.15, 0.2) is 11.4 Å². The van der Waals surface area contributed by atoms with Crippen LogP contribution in [-0.2, 0) is 28.5 Å². The molecular weight excluding hydrogens is 700 g/mol. The molecule has 2 aromatic rings. The third kappa shape index (κ3) is 10.6. The van der Waals surface area contributed by atoms with Crippen molar-refractivity contribution in [2.75, 3.05) is 14.2 Å². The first kappa shape index (κ1) is 42.6. The molecule has 4 bridgehead atoms. The largest absolute Gasteiger partial charge is 0.468 e. The minimum atomic E-state index is -1.70. The van der Waals surface area contributed by atoms with Gasteiger partial charge >= 0.3 is 23.9 Å². The van der Waals surface area contributed by atoms with Gasteiger partial charge in [-0.1, -0.05) is 85.1 Å². The number of carbonyl (C=O) groups excluding carboxylic acids is 4. The smallest absolute Gasteiger partial charge is 0.360 e. The molecule has 6 unspecified atom stereocenters. The third-order valence-corrected chi connectivity index (χ3v) is 8.64. The number of rotatable bonds is 8. The molecule has 0 amide bonds. The van der Waals surface area contributed by atoms with Crippen molar-refractivity contribution in [1.29, 1.82) is 0 Å². The van der Waals surface area contributed by atoms with E-state index in [1.807, 2.05) is 0 Å². The molecule has 0 spiro atoms. The van der Waals surface area contributed by atoms with Crippen LogP contribution in [0.3, 0.4) is 0 Å². The van der Waals surface area contributed by atoms with Gasteiger partial charge in [-0.25, -0.2) is 19.6 Å². The Labute approximate surface area is 313 Å². The average molecular weight is 747 g/mol. The van der Waals surface area contributed by atoms with Crippen LogP contribution in [0.1, 0.15) is 73.3 Å². The maximum absolute atomic E-state index is 13.3. The summed E-state index contributed by atoms with van der Waals surface area (Å²) in [5, 5.41) is 22.0. The second kappa shape index (κ2) is 20.4. The molecule has 1 aliphatic heterocycles. The molecule has 0 saturated carbocycles. The van der Waals surface area contributed by atoms with Crippen molar-refractivity contribution in [3.8, 4) is 0 Å². The maximum atomic E-state index is 13.3. The number of methoxy groups -OCH3 is 2. The van der Waals surface area contributed by atoms with Crippen LogP contribution in [0.25, 0.3) is 12.2 Å². The monoisotopic (exact) mass is 746 g/mol. The molecule has 0 aliphatic carbocycles. The van der Waals surface area contributed by atoms with E-state index in [4.69, 9.17) is 27.8 Å². The van der Waals surface area contributed by atoms with E-state index in [0.717, 1.165) is 12.5 Å². The van der Waals surface area contributed by atoms with Gasteiger partial charge in [0.05, 0.1) is 26.4 Å². The van der Waals surface area contributed by atoms with Gasteiger partial charge in [-0.3, -0.25) is 9.59 Å². The number of aromatic nitrogens is 2. The summed E-state index contributed by atoms with van der Waals surface area (Å²) in [7, 11) is 2.35. The number of cyclic esters (lactones) is 2. The molecule has 14 nitrogen and oxygen atoms in total. The van der Waals surface area contributed by atoms with Crippen LogP contribution >= 0.6 is 0 Å². The second-order valence-electron chi connectivity index (χ2n) is 12.2. The van der Waals surface area contributed by atoms with E-state index in [1.165, 1.54) is 52.4 Å². The fraction of sp³-hybridized carbons (Fsp3) is 0.350. The lowest BCUT2D eigenvalue weighted by Gasteiger charge is -2.36. The van der Waals surface area contributed by atoms with Gasteiger partial charge < -0.3 is 38.0 Å². The summed E-state index contributed by atoms with van der Waals surface area (Å²) in [5.41, 5.74) is -3.75. The molecule has 0 aromatic carbocycles. The van der Waals surface area contributed by atoms with Crippen molar-refractivity contribution in [3.63, 3.8) is 0 Å². The summed E-state index contributed by atoms with van der Waals surface area (Å²) in [4.78, 5) is 61.0. The number of fused-ring (bicyclic) bond motifs is 4. The van der Waals surface area contributed by atoms with E-state index in [2.05, 4.69) is 9.97 Å². The number of ether oxygens (including phenoxy) is 4. The van der Waals surface area contributed by atoms with Crippen LogP contribution in [0, 0.1) is 10.8 Å². The quantitative estimate of drug-likeness (QED) is 0.190. The summed E-state index contributed by atoms with van der Waals surface area (Å²) in [6.45, 7) is 6.23. The molecule has 2 N–H and O–H groups in total. The lowest BCUT2D eigenvalue weighted by atomic mass is 9.76. The molecule has 288 valence electrons. The second-order valence-corrected chi connectivity index (χ2v) is 12.2. The topological polar surface area (TPSA) is 198 Å². The van der Waals surface area contributed by atoms with Crippen molar-refractivity contribution in [3.05, 3.63) is 121 Å². The lowest BCUT2D eigenvalue weighted by molar-refractivity contribution is -0.168. The van der Waals surface area contributed by atoms with Crippen molar-refractivity contribution in [2.24, 2.45) is 10.8 Å². The number of aliphatic hydroxyl groups is 2. The molecule has 2 aromatic heterocycles. The van der Waals surface area contributed by atoms with Gasteiger partial charge in [0.25, 0.3) is 0 Å². The van der Waals surface area contributed by atoms with Crippen molar-refractivity contribution in [2.45, 2.75) is 65.0 Å². The van der Waals surface area contributed by atoms with Crippen LogP contribution in [-0.4, -0.2) is 82.7 Å². The lowest BCUT2D eigenvalue weighted by Crippen LogP contribution is -2.50. The van der Waals surface area contributed by atoms with Gasteiger partial charge in [-0.05, 0) is 27.7 Å². The van der Waals surface area contributed by atoms with Crippen molar-refractivity contribution < 1.29 is 57.2 Å². The van der Waals surface area contributed by atoms with E-state index in [9.17, 15) is 29.4 Å². The molecule has 3 heterocycles. The zero-order chi connectivity index (χ0) is 39.7. The third-order valence-electron chi connectivity index (χ3n) is 8.64. The van der Waals surface area contributed by atoms with Gasteiger partial charge in [0, 0.05) is 25.0 Å². The van der Waals surface area contributed by atoms with Gasteiger partial charge in [-0.2, -0.15) is 0 Å². The molecule has 0 saturated heterocycles. The first-order valence-corrected chi connectivity index (χ1v) is 17.0. The minimum absolute atomic E-state index is 0.00405. The van der Waals surface area contributed by atoms with Crippen LogP contribution in [0.2, 0.25) is 0 Å². The summed E-state index contributed by atoms with van der Waals surface area (Å²) in [6, 6.07) is 0. The highest BCUT2D eigenvalue weighted by molar-refractivity contribution is 5.88. The molecule has 0 radical (unpaired) electrons. The van der Waals surface area contributed by atoms with Crippen molar-refractivity contribution in [1.82, 2.24) is 9.97 Å². The van der Waals surface area contributed by atoms with Crippen LogP contribution < -0.4 is 0 Å². The van der Waals surface area contributed by atoms with Gasteiger partial charge in [0.1, 0.15) is 35.6 Å². The Balaban J connectivity index is 2.02. The van der Waals surface area contributed by atoms with Crippen molar-refractivity contribution >= 4 is 36.0 Å². The summed E-state index contributed by atoms with van der Waals surface area (Å²) < 4.78 is 32.4. The normalized spacial score (nSPS) is 20.9. The van der Waals surface area contributed by atoms with Gasteiger partial charge in [-0.15, -0.1) is 0 Å². The Morgan fingerprint density at radius 2 is 1.07 bits per heavy atom. The Kier molecular flexibility index (Phi) is 16.1. The van der Waals surface area contributed by atoms with E-state index in [-0.39, 0.29) is 36.0 Å². The average Bonchev–Trinajstić information content (AvgIpc) is 3.85. The number of esters is 4. The van der Waals surface area contributed by atoms with Gasteiger partial charge in [0.2, 0.25) is 11.8 Å². The van der Waals surface area contributed by atoms with Crippen LogP contribution in [0.15, 0.2) is 106 Å². The zero-order valence-electron chi connectivity index (χ0n) is 31.0. The molecule has 3 rings (SSSR count). The number of oxazole rings is 2. The first-order chi connectivity index (χ1) is 25.9.